The van der Waals surface area contributed by atoms with Gasteiger partial charge in [0.2, 0.25) is 5.91 Å². The number of methoxy groups -OCH3 is 1. The maximum absolute atomic E-state index is 12.7. The molecule has 1 saturated heterocycles. The molecule has 0 spiro atoms. The van der Waals surface area contributed by atoms with Crippen LogP contribution in [-0.4, -0.2) is 50.3 Å². The molecule has 0 aliphatic carbocycles. The van der Waals surface area contributed by atoms with Crippen LogP contribution in [0.15, 0.2) is 72.8 Å². The number of ether oxygens (including phenoxy) is 4. The van der Waals surface area contributed by atoms with Crippen molar-refractivity contribution in [2.75, 3.05) is 20.3 Å². The summed E-state index contributed by atoms with van der Waals surface area (Å²) in [5, 5.41) is 4.27. The average molecular weight is 559 g/mol. The third-order valence-electron chi connectivity index (χ3n) is 6.31. The van der Waals surface area contributed by atoms with Gasteiger partial charge in [0.1, 0.15) is 18.8 Å². The number of halogens is 2. The van der Waals surface area contributed by atoms with E-state index in [0.29, 0.717) is 29.7 Å². The van der Waals surface area contributed by atoms with E-state index in [9.17, 15) is 4.79 Å². The van der Waals surface area contributed by atoms with Crippen molar-refractivity contribution in [1.29, 1.82) is 0 Å². The Bertz CT molecular complexity index is 1180. The van der Waals surface area contributed by atoms with Crippen LogP contribution in [0.1, 0.15) is 25.0 Å². The molecule has 1 fully saturated rings. The van der Waals surface area contributed by atoms with Gasteiger partial charge in [-0.3, -0.25) is 4.79 Å². The molecule has 0 unspecified atom stereocenters. The van der Waals surface area contributed by atoms with Gasteiger partial charge in [0.25, 0.3) is 0 Å². The van der Waals surface area contributed by atoms with E-state index in [1.807, 2.05) is 80.6 Å². The summed E-state index contributed by atoms with van der Waals surface area (Å²) >= 11 is 12.4. The number of nitrogens with one attached hydrogen (secondary N) is 1. The minimum absolute atomic E-state index is 0.0517. The van der Waals surface area contributed by atoms with Crippen molar-refractivity contribution in [1.82, 2.24) is 5.32 Å². The largest absolute Gasteiger partial charge is 0.375 e. The number of hydrogen-bond donors (Lipinski definition) is 1. The number of amides is 1. The Kier molecular flexibility index (Phi) is 9.82. The second kappa shape index (κ2) is 13.1. The van der Waals surface area contributed by atoms with Crippen LogP contribution in [-0.2, 0) is 36.8 Å². The van der Waals surface area contributed by atoms with Crippen molar-refractivity contribution in [2.24, 2.45) is 0 Å². The maximum atomic E-state index is 12.7. The molecule has 1 aliphatic heterocycles. The molecule has 1 heterocycles. The first kappa shape index (κ1) is 28.6. The molecule has 0 bridgehead atoms. The lowest BCUT2D eigenvalue weighted by atomic mass is 9.95. The van der Waals surface area contributed by atoms with E-state index in [-0.39, 0.29) is 18.6 Å². The minimum atomic E-state index is -0.736. The van der Waals surface area contributed by atoms with Crippen molar-refractivity contribution in [3.05, 3.63) is 94.0 Å². The van der Waals surface area contributed by atoms with E-state index in [0.717, 1.165) is 22.3 Å². The second-order valence-electron chi connectivity index (χ2n) is 9.79. The average Bonchev–Trinajstić information content (AvgIpc) is 3.24. The normalized spacial score (nSPS) is 18.2. The minimum Gasteiger partial charge on any atom is -0.375 e. The highest BCUT2D eigenvalue weighted by Crippen LogP contribution is 2.30. The molecule has 202 valence electrons. The van der Waals surface area contributed by atoms with E-state index in [2.05, 4.69) is 5.32 Å². The van der Waals surface area contributed by atoms with Crippen LogP contribution in [0.4, 0.5) is 0 Å². The fraction of sp³-hybridized carbons (Fsp3) is 0.367. The topological polar surface area (TPSA) is 66.0 Å². The summed E-state index contributed by atoms with van der Waals surface area (Å²) < 4.78 is 23.6. The summed E-state index contributed by atoms with van der Waals surface area (Å²) in [5.41, 5.74) is 3.98. The fourth-order valence-corrected chi connectivity index (χ4v) is 5.09. The Labute approximate surface area is 234 Å². The van der Waals surface area contributed by atoms with E-state index in [4.69, 9.17) is 42.1 Å². The lowest BCUT2D eigenvalue weighted by Gasteiger charge is -2.32. The highest BCUT2D eigenvalue weighted by Gasteiger charge is 2.41. The van der Waals surface area contributed by atoms with E-state index in [1.165, 1.54) is 7.11 Å². The molecule has 1 N–H and O–H groups in total. The Morgan fingerprint density at radius 2 is 1.68 bits per heavy atom. The first-order chi connectivity index (χ1) is 18.2. The van der Waals surface area contributed by atoms with Crippen molar-refractivity contribution in [3.63, 3.8) is 0 Å². The fourth-order valence-electron chi connectivity index (χ4n) is 4.56. The first-order valence-corrected chi connectivity index (χ1v) is 13.3. The summed E-state index contributed by atoms with van der Waals surface area (Å²) in [5.74, 6) is -0.964. The molecule has 0 radical (unpaired) electrons. The van der Waals surface area contributed by atoms with Gasteiger partial charge in [-0.25, -0.2) is 0 Å². The van der Waals surface area contributed by atoms with Crippen molar-refractivity contribution >= 4 is 29.1 Å². The summed E-state index contributed by atoms with van der Waals surface area (Å²) in [6.45, 7) is 4.43. The molecule has 1 aliphatic rings. The van der Waals surface area contributed by atoms with Crippen LogP contribution in [0, 0.1) is 0 Å². The molecule has 1 amide bonds. The highest BCUT2D eigenvalue weighted by molar-refractivity contribution is 6.35. The lowest BCUT2D eigenvalue weighted by molar-refractivity contribution is -0.162. The quantitative estimate of drug-likeness (QED) is 0.310. The number of benzene rings is 3. The number of carbonyl (C=O) groups excluding carboxylic acids is 1. The molecule has 8 heteroatoms. The van der Waals surface area contributed by atoms with Gasteiger partial charge in [-0.05, 0) is 60.7 Å². The van der Waals surface area contributed by atoms with Crippen LogP contribution < -0.4 is 5.32 Å². The van der Waals surface area contributed by atoms with Crippen molar-refractivity contribution in [2.45, 2.75) is 50.9 Å². The maximum Gasteiger partial charge on any atom is 0.246 e. The van der Waals surface area contributed by atoms with Crippen molar-refractivity contribution in [3.8, 4) is 11.1 Å². The van der Waals surface area contributed by atoms with Crippen LogP contribution in [0.3, 0.4) is 0 Å². The SMILES string of the molecule is COCC(=O)N[C@@H](Cc1ccc(-c2cc(Cl)cc(Cl)c2)cc1)[C@H](OCc1ccccc1)[C@@H]1COC(C)(C)O1. The summed E-state index contributed by atoms with van der Waals surface area (Å²) in [6, 6.07) is 23.1. The first-order valence-electron chi connectivity index (χ1n) is 12.5. The zero-order valence-corrected chi connectivity index (χ0v) is 23.3. The summed E-state index contributed by atoms with van der Waals surface area (Å²) in [4.78, 5) is 12.7. The van der Waals surface area contributed by atoms with Gasteiger partial charge in [0, 0.05) is 17.2 Å². The van der Waals surface area contributed by atoms with Gasteiger partial charge in [0.15, 0.2) is 5.79 Å². The number of carbonyl (C=O) groups is 1. The number of rotatable bonds is 11. The third-order valence-corrected chi connectivity index (χ3v) is 6.74. The van der Waals surface area contributed by atoms with E-state index < -0.39 is 17.9 Å². The van der Waals surface area contributed by atoms with Gasteiger partial charge in [-0.1, -0.05) is 77.8 Å². The van der Waals surface area contributed by atoms with Gasteiger partial charge >= 0.3 is 0 Å². The summed E-state index contributed by atoms with van der Waals surface area (Å²) in [6.07, 6.45) is -0.315. The third kappa shape index (κ3) is 8.03. The van der Waals surface area contributed by atoms with Crippen LogP contribution in [0.25, 0.3) is 11.1 Å². The Morgan fingerprint density at radius 3 is 2.29 bits per heavy atom. The zero-order chi connectivity index (χ0) is 27.1. The van der Waals surface area contributed by atoms with E-state index >= 15 is 0 Å². The Hall–Kier alpha value is -2.45. The van der Waals surface area contributed by atoms with Crippen molar-refractivity contribution < 1.29 is 23.7 Å². The molecule has 3 aromatic rings. The zero-order valence-electron chi connectivity index (χ0n) is 21.8. The predicted molar refractivity (Wildman–Crippen MR) is 149 cm³/mol. The standard InChI is InChI=1S/C30H33Cl2NO5/c1-30(2)37-18-27(38-30)29(36-17-21-7-5-4-6-8-21)26(33-28(34)19-35-3)13-20-9-11-22(12-10-20)23-14-24(31)16-25(32)15-23/h4-12,14-16,26-27,29H,13,17-19H2,1-3H3,(H,33,34)/t26-,27-,29-/m0/s1. The molecule has 38 heavy (non-hydrogen) atoms. The highest BCUT2D eigenvalue weighted by atomic mass is 35.5. The predicted octanol–water partition coefficient (Wildman–Crippen LogP) is 6.07. The molecular weight excluding hydrogens is 525 g/mol. The Balaban J connectivity index is 1.58. The summed E-state index contributed by atoms with van der Waals surface area (Å²) in [7, 11) is 1.50. The molecule has 6 nitrogen and oxygen atoms in total. The van der Waals surface area contributed by atoms with Crippen LogP contribution >= 0.6 is 23.2 Å². The van der Waals surface area contributed by atoms with Gasteiger partial charge in [-0.2, -0.15) is 0 Å². The number of hydrogen-bond acceptors (Lipinski definition) is 5. The van der Waals surface area contributed by atoms with Gasteiger partial charge in [-0.15, -0.1) is 0 Å². The van der Waals surface area contributed by atoms with Gasteiger partial charge in [0.05, 0.1) is 19.3 Å². The molecular formula is C30H33Cl2NO5. The smallest absolute Gasteiger partial charge is 0.246 e. The second-order valence-corrected chi connectivity index (χ2v) is 10.7. The van der Waals surface area contributed by atoms with Crippen LogP contribution in [0.5, 0.6) is 0 Å². The van der Waals surface area contributed by atoms with Gasteiger partial charge < -0.3 is 24.3 Å². The monoisotopic (exact) mass is 557 g/mol. The molecule has 0 aromatic heterocycles. The molecule has 3 aromatic carbocycles. The molecule has 0 saturated carbocycles. The lowest BCUT2D eigenvalue weighted by Crippen LogP contribution is -2.52. The molecule has 3 atom stereocenters. The molecule has 4 rings (SSSR count). The Morgan fingerprint density at radius 1 is 1.00 bits per heavy atom. The van der Waals surface area contributed by atoms with Crippen LogP contribution in [0.2, 0.25) is 10.0 Å². The van der Waals surface area contributed by atoms with E-state index in [1.54, 1.807) is 6.07 Å².